The summed E-state index contributed by atoms with van der Waals surface area (Å²) >= 11 is 0.919. The average molecular weight is 204 g/mol. The summed E-state index contributed by atoms with van der Waals surface area (Å²) in [6.07, 6.45) is 3.59. The van der Waals surface area contributed by atoms with Crippen LogP contribution in [-0.4, -0.2) is 39.0 Å². The molecule has 0 atom stereocenters. The second kappa shape index (κ2) is 3.45. The summed E-state index contributed by atoms with van der Waals surface area (Å²) in [5.74, 6) is -0.310. The zero-order chi connectivity index (χ0) is 10.1. The molecular weight excluding hydrogens is 195 g/mol. The number of ether oxygens (including phenoxy) is 1. The fourth-order valence-electron chi connectivity index (χ4n) is 1.35. The van der Waals surface area contributed by atoms with E-state index in [1.807, 2.05) is 6.20 Å². The van der Waals surface area contributed by atoms with Gasteiger partial charge in [0.1, 0.15) is 0 Å². The SMILES string of the molecule is COC(=O)c1ccn2nc[c]([AlH2])c2c1. The third kappa shape index (κ3) is 1.41. The van der Waals surface area contributed by atoms with Crippen molar-refractivity contribution in [2.24, 2.45) is 0 Å². The molecule has 2 aromatic heterocycles. The molecule has 0 aromatic carbocycles. The molecule has 70 valence electrons. The van der Waals surface area contributed by atoms with Crippen LogP contribution in [0.25, 0.3) is 5.52 Å². The highest BCUT2D eigenvalue weighted by molar-refractivity contribution is 6.36. The van der Waals surface area contributed by atoms with Crippen molar-refractivity contribution < 1.29 is 9.53 Å². The second-order valence-electron chi connectivity index (χ2n) is 3.06. The van der Waals surface area contributed by atoms with Crippen LogP contribution in [0.4, 0.5) is 0 Å². The summed E-state index contributed by atoms with van der Waals surface area (Å²) in [6.45, 7) is 0. The molecule has 0 saturated carbocycles. The van der Waals surface area contributed by atoms with E-state index in [0.717, 1.165) is 21.8 Å². The molecule has 0 N–H and O–H groups in total. The molecule has 14 heavy (non-hydrogen) atoms. The van der Waals surface area contributed by atoms with Crippen molar-refractivity contribution in [3.63, 3.8) is 0 Å². The molecule has 0 amide bonds. The van der Waals surface area contributed by atoms with Gasteiger partial charge in [-0.15, -0.1) is 0 Å². The van der Waals surface area contributed by atoms with E-state index in [4.69, 9.17) is 0 Å². The molecule has 0 aliphatic rings. The third-order valence-electron chi connectivity index (χ3n) is 2.14. The Morgan fingerprint density at radius 1 is 1.64 bits per heavy atom. The van der Waals surface area contributed by atoms with E-state index in [0.29, 0.717) is 5.56 Å². The summed E-state index contributed by atoms with van der Waals surface area (Å²) in [6, 6.07) is 3.51. The predicted molar refractivity (Wildman–Crippen MR) is 54.7 cm³/mol. The maximum atomic E-state index is 11.2. The van der Waals surface area contributed by atoms with Crippen molar-refractivity contribution in [1.29, 1.82) is 0 Å². The van der Waals surface area contributed by atoms with E-state index in [1.54, 1.807) is 22.8 Å². The van der Waals surface area contributed by atoms with E-state index in [9.17, 15) is 4.79 Å². The van der Waals surface area contributed by atoms with Crippen molar-refractivity contribution in [3.8, 4) is 0 Å². The first-order chi connectivity index (χ1) is 6.72. The van der Waals surface area contributed by atoms with Gasteiger partial charge in [0, 0.05) is 12.4 Å². The van der Waals surface area contributed by atoms with Crippen molar-refractivity contribution in [2.75, 3.05) is 7.11 Å². The molecule has 5 heteroatoms. The number of aromatic nitrogens is 2. The van der Waals surface area contributed by atoms with Gasteiger partial charge in [-0.25, -0.2) is 9.31 Å². The van der Waals surface area contributed by atoms with Gasteiger partial charge in [-0.2, -0.15) is 5.10 Å². The molecule has 0 aliphatic heterocycles. The van der Waals surface area contributed by atoms with E-state index < -0.39 is 0 Å². The fraction of sp³-hybridized carbons (Fsp3) is 0.111. The Labute approximate surface area is 88.9 Å². The van der Waals surface area contributed by atoms with Gasteiger partial charge in [-0.3, -0.25) is 0 Å². The van der Waals surface area contributed by atoms with Gasteiger partial charge in [-0.05, 0) is 12.1 Å². The maximum absolute atomic E-state index is 11.2. The van der Waals surface area contributed by atoms with Crippen molar-refractivity contribution in [1.82, 2.24) is 9.61 Å². The number of carbonyl (C=O) groups is 1. The highest BCUT2D eigenvalue weighted by Crippen LogP contribution is 2.05. The van der Waals surface area contributed by atoms with Gasteiger partial charge in [0.25, 0.3) is 16.3 Å². The van der Waals surface area contributed by atoms with Crippen molar-refractivity contribution in [2.45, 2.75) is 0 Å². The molecule has 0 unspecified atom stereocenters. The average Bonchev–Trinajstić information content (AvgIpc) is 2.59. The lowest BCUT2D eigenvalue weighted by Gasteiger charge is -2.00. The minimum atomic E-state index is -0.310. The van der Waals surface area contributed by atoms with Gasteiger partial charge < -0.3 is 4.74 Å². The number of pyridine rings is 1. The predicted octanol–water partition coefficient (Wildman–Crippen LogP) is -0.621. The first-order valence-corrected chi connectivity index (χ1v) is 5.24. The number of fused-ring (bicyclic) bond motifs is 1. The summed E-state index contributed by atoms with van der Waals surface area (Å²) < 4.78 is 7.58. The molecular formula is C9H9AlN2O2. The molecule has 2 heterocycles. The lowest BCUT2D eigenvalue weighted by atomic mass is 10.2. The van der Waals surface area contributed by atoms with Crippen LogP contribution in [0, 0.1) is 0 Å². The Kier molecular flexibility index (Phi) is 2.28. The Morgan fingerprint density at radius 2 is 2.43 bits per heavy atom. The number of hydrogen-bond donors (Lipinski definition) is 0. The van der Waals surface area contributed by atoms with Crippen LogP contribution >= 0.6 is 0 Å². The zero-order valence-electron chi connectivity index (χ0n) is 8.02. The zero-order valence-corrected chi connectivity index (χ0v) is 10.0. The number of hydrogen-bond acceptors (Lipinski definition) is 3. The molecule has 0 fully saturated rings. The minimum Gasteiger partial charge on any atom is -0.465 e. The largest absolute Gasteiger partial charge is 0.465 e. The summed E-state index contributed by atoms with van der Waals surface area (Å²) in [5.41, 5.74) is 1.55. The van der Waals surface area contributed by atoms with E-state index >= 15 is 0 Å². The highest BCUT2D eigenvalue weighted by Gasteiger charge is 2.07. The van der Waals surface area contributed by atoms with E-state index in [1.165, 1.54) is 11.5 Å². The quantitative estimate of drug-likeness (QED) is 0.459. The first kappa shape index (κ1) is 9.26. The fourth-order valence-corrected chi connectivity index (χ4v) is 1.84. The Morgan fingerprint density at radius 3 is 3.14 bits per heavy atom. The molecule has 0 radical (unpaired) electrons. The second-order valence-corrected chi connectivity index (χ2v) is 4.14. The Balaban J connectivity index is 2.60. The number of methoxy groups -OCH3 is 1. The lowest BCUT2D eigenvalue weighted by Crippen LogP contribution is -2.05. The monoisotopic (exact) mass is 204 g/mol. The number of carbonyl (C=O) groups excluding carboxylic acids is 1. The van der Waals surface area contributed by atoms with Crippen molar-refractivity contribution in [3.05, 3.63) is 30.1 Å². The van der Waals surface area contributed by atoms with Gasteiger partial charge in [0.05, 0.1) is 18.2 Å². The first-order valence-electron chi connectivity index (χ1n) is 4.24. The molecule has 2 aromatic rings. The molecule has 2 rings (SSSR count). The molecule has 4 nitrogen and oxygen atoms in total. The number of nitrogens with zero attached hydrogens (tertiary/aromatic N) is 2. The minimum absolute atomic E-state index is 0.310. The smallest absolute Gasteiger partial charge is 0.337 e. The van der Waals surface area contributed by atoms with Crippen LogP contribution in [0.15, 0.2) is 24.5 Å². The third-order valence-corrected chi connectivity index (χ3v) is 2.91. The highest BCUT2D eigenvalue weighted by atomic mass is 27.0. The van der Waals surface area contributed by atoms with Crippen LogP contribution in [0.3, 0.4) is 0 Å². The van der Waals surface area contributed by atoms with E-state index in [2.05, 4.69) is 9.84 Å². The van der Waals surface area contributed by atoms with E-state index in [-0.39, 0.29) is 5.97 Å². The summed E-state index contributed by atoms with van der Waals surface area (Å²) in [7, 11) is 1.38. The molecule has 0 spiro atoms. The number of esters is 1. The molecule has 0 saturated heterocycles. The lowest BCUT2D eigenvalue weighted by molar-refractivity contribution is 0.0601. The Bertz CT molecular complexity index is 493. The van der Waals surface area contributed by atoms with Gasteiger partial charge in [-0.1, -0.05) is 4.43 Å². The van der Waals surface area contributed by atoms with Crippen LogP contribution in [0.2, 0.25) is 0 Å². The van der Waals surface area contributed by atoms with Crippen LogP contribution in [0.1, 0.15) is 10.4 Å². The van der Waals surface area contributed by atoms with Crippen LogP contribution < -0.4 is 4.43 Å². The Hall–Kier alpha value is -1.31. The topological polar surface area (TPSA) is 43.6 Å². The van der Waals surface area contributed by atoms with Crippen molar-refractivity contribution >= 4 is 32.2 Å². The normalized spacial score (nSPS) is 10.4. The van der Waals surface area contributed by atoms with Gasteiger partial charge >= 0.3 is 5.97 Å². The number of rotatable bonds is 1. The van der Waals surface area contributed by atoms with Crippen LogP contribution in [-0.2, 0) is 4.74 Å². The van der Waals surface area contributed by atoms with Gasteiger partial charge in [0.15, 0.2) is 0 Å². The van der Waals surface area contributed by atoms with Gasteiger partial charge in [0.2, 0.25) is 0 Å². The van der Waals surface area contributed by atoms with Crippen LogP contribution in [0.5, 0.6) is 0 Å². The summed E-state index contributed by atoms with van der Waals surface area (Å²) in [4.78, 5) is 11.2. The maximum Gasteiger partial charge on any atom is 0.337 e. The standard InChI is InChI=1S/C9H7N2O2.Al.2H/c1-13-9(12)7-3-5-11-8(6-7)2-4-10-11;;;/h3-6H,1H3;;;. The summed E-state index contributed by atoms with van der Waals surface area (Å²) in [5, 5.41) is 4.14. The molecule has 0 bridgehead atoms. The molecule has 0 aliphatic carbocycles.